The second kappa shape index (κ2) is 10.4. The number of amides is 2. The van der Waals surface area contributed by atoms with Crippen LogP contribution in [0.15, 0.2) is 44.4 Å². The van der Waals surface area contributed by atoms with Crippen LogP contribution in [0.4, 0.5) is 0 Å². The van der Waals surface area contributed by atoms with Crippen molar-refractivity contribution < 1.29 is 28.7 Å². The predicted octanol–water partition coefficient (Wildman–Crippen LogP) is -1.29. The van der Waals surface area contributed by atoms with Crippen LogP contribution in [0.1, 0.15) is 11.6 Å². The summed E-state index contributed by atoms with van der Waals surface area (Å²) in [6.07, 6.45) is 1.37. The molecule has 19 heteroatoms. The maximum atomic E-state index is 13.0. The van der Waals surface area contributed by atoms with Crippen molar-refractivity contribution in [3.05, 3.63) is 41.3 Å². The van der Waals surface area contributed by atoms with Crippen LogP contribution >= 0.6 is 23.5 Å². The number of fused-ring (bicyclic) bond motifs is 1. The Bertz CT molecular complexity index is 1370. The van der Waals surface area contributed by atoms with E-state index in [4.69, 9.17) is 9.25 Å². The highest BCUT2D eigenvalue weighted by molar-refractivity contribution is 8.01. The molecule has 5 rings (SSSR count). The molecule has 3 aromatic rings. The Morgan fingerprint density at radius 1 is 1.41 bits per heavy atom. The van der Waals surface area contributed by atoms with Gasteiger partial charge in [0.1, 0.15) is 30.8 Å². The molecular formula is C18H17N11O6S2. The minimum Gasteiger partial charge on any atom is -0.477 e. The van der Waals surface area contributed by atoms with E-state index in [-0.39, 0.29) is 29.5 Å². The number of carboxylic acids is 1. The molecule has 0 aromatic carbocycles. The number of aliphatic carboxylic acids is 1. The van der Waals surface area contributed by atoms with Crippen LogP contribution < -0.4 is 5.32 Å². The zero-order valence-electron chi connectivity index (χ0n) is 18.8. The number of rotatable bonds is 10. The number of carbonyl (C=O) groups is 3. The van der Waals surface area contributed by atoms with Crippen molar-refractivity contribution in [3.63, 3.8) is 0 Å². The number of furan rings is 1. The zero-order chi connectivity index (χ0) is 25.9. The van der Waals surface area contributed by atoms with Crippen LogP contribution in [0.25, 0.3) is 0 Å². The molecule has 5 heterocycles. The van der Waals surface area contributed by atoms with E-state index >= 15 is 0 Å². The van der Waals surface area contributed by atoms with Gasteiger partial charge in [-0.15, -0.1) is 22.0 Å². The van der Waals surface area contributed by atoms with Gasteiger partial charge in [-0.25, -0.2) is 14.6 Å². The molecule has 0 bridgehead atoms. The largest absolute Gasteiger partial charge is 0.477 e. The van der Waals surface area contributed by atoms with Gasteiger partial charge in [-0.2, -0.15) is 0 Å². The van der Waals surface area contributed by atoms with E-state index < -0.39 is 29.2 Å². The summed E-state index contributed by atoms with van der Waals surface area (Å²) in [5.41, 5.74) is 0.247. The fourth-order valence-electron chi connectivity index (χ4n) is 3.65. The summed E-state index contributed by atoms with van der Waals surface area (Å²) < 4.78 is 6.67. The third kappa shape index (κ3) is 4.77. The van der Waals surface area contributed by atoms with Crippen LogP contribution in [0, 0.1) is 0 Å². The number of β-lactam (4-membered cyclic amide) rings is 1. The van der Waals surface area contributed by atoms with Crippen molar-refractivity contribution in [1.82, 2.24) is 51.0 Å². The van der Waals surface area contributed by atoms with Gasteiger partial charge >= 0.3 is 5.97 Å². The lowest BCUT2D eigenvalue weighted by Gasteiger charge is -2.49. The summed E-state index contributed by atoms with van der Waals surface area (Å²) in [6, 6.07) is 2.16. The minimum absolute atomic E-state index is 0.123. The van der Waals surface area contributed by atoms with Crippen molar-refractivity contribution in [2.24, 2.45) is 5.16 Å². The average molecular weight is 548 g/mol. The number of carboxylic acid groups (broad SMARTS) is 1. The van der Waals surface area contributed by atoms with Gasteiger partial charge in [0.25, 0.3) is 11.8 Å². The van der Waals surface area contributed by atoms with Gasteiger partial charge in [-0.05, 0) is 38.6 Å². The van der Waals surface area contributed by atoms with Gasteiger partial charge < -0.3 is 19.7 Å². The number of oxime groups is 1. The third-order valence-electron chi connectivity index (χ3n) is 5.25. The lowest BCUT2D eigenvalue weighted by atomic mass is 10.0. The summed E-state index contributed by atoms with van der Waals surface area (Å²) >= 11 is 2.55. The Morgan fingerprint density at radius 3 is 2.97 bits per heavy atom. The minimum atomic E-state index is -1.25. The van der Waals surface area contributed by atoms with Crippen LogP contribution in [-0.4, -0.2) is 104 Å². The lowest BCUT2D eigenvalue weighted by molar-refractivity contribution is -0.150. The van der Waals surface area contributed by atoms with Crippen molar-refractivity contribution in [3.8, 4) is 0 Å². The Labute approximate surface area is 215 Å². The van der Waals surface area contributed by atoms with Gasteiger partial charge in [-0.3, -0.25) is 14.5 Å². The number of hydrogen-bond donors (Lipinski definition) is 3. The Morgan fingerprint density at radius 2 is 2.27 bits per heavy atom. The molecule has 0 radical (unpaired) electrons. The first kappa shape index (κ1) is 24.4. The number of hydrogen-bond acceptors (Lipinski definition) is 14. The van der Waals surface area contributed by atoms with E-state index in [0.717, 1.165) is 0 Å². The van der Waals surface area contributed by atoms with E-state index in [1.807, 2.05) is 0 Å². The van der Waals surface area contributed by atoms with E-state index in [1.54, 1.807) is 6.07 Å². The summed E-state index contributed by atoms with van der Waals surface area (Å²) in [5, 5.41) is 40.9. The monoisotopic (exact) mass is 547 g/mol. The molecule has 2 aliphatic heterocycles. The molecule has 0 aliphatic carbocycles. The zero-order valence-corrected chi connectivity index (χ0v) is 20.5. The fraction of sp³-hybridized carbons (Fsp3) is 0.333. The number of nitrogens with one attached hydrogen (secondary N) is 2. The highest BCUT2D eigenvalue weighted by Crippen LogP contribution is 2.41. The molecule has 2 aliphatic rings. The fourth-order valence-corrected chi connectivity index (χ4v) is 6.01. The topological polar surface area (TPSA) is 219 Å². The van der Waals surface area contributed by atoms with Gasteiger partial charge in [0.05, 0.1) is 6.26 Å². The maximum Gasteiger partial charge on any atom is 0.352 e. The normalized spacial score (nSPS) is 19.4. The van der Waals surface area contributed by atoms with Crippen LogP contribution in [0.3, 0.4) is 0 Å². The smallest absolute Gasteiger partial charge is 0.352 e. The molecule has 2 amide bonds. The number of thioether (sulfide) groups is 2. The van der Waals surface area contributed by atoms with Gasteiger partial charge in [-0.1, -0.05) is 16.9 Å². The highest BCUT2D eigenvalue weighted by atomic mass is 32.2. The molecule has 192 valence electrons. The number of tetrazole rings is 2. The quantitative estimate of drug-likeness (QED) is 0.116. The lowest BCUT2D eigenvalue weighted by Crippen LogP contribution is -2.71. The Kier molecular flexibility index (Phi) is 6.86. The molecular weight excluding hydrogens is 530 g/mol. The van der Waals surface area contributed by atoms with Gasteiger partial charge in [0.2, 0.25) is 10.9 Å². The Hall–Kier alpha value is -4.26. The van der Waals surface area contributed by atoms with Gasteiger partial charge in [0, 0.05) is 11.5 Å². The molecule has 0 saturated carbocycles. The number of carbonyl (C=O) groups excluding carboxylic acids is 2. The summed E-state index contributed by atoms with van der Waals surface area (Å²) in [5.74, 6) is -1.34. The highest BCUT2D eigenvalue weighted by Gasteiger charge is 2.54. The van der Waals surface area contributed by atoms with E-state index in [1.165, 1.54) is 52.5 Å². The first-order valence-corrected chi connectivity index (χ1v) is 12.5. The van der Waals surface area contributed by atoms with Crippen LogP contribution in [-0.2, 0) is 25.8 Å². The molecule has 1 saturated heterocycles. The third-order valence-corrected chi connectivity index (χ3v) is 7.63. The molecule has 1 fully saturated rings. The molecule has 17 nitrogen and oxygen atoms in total. The van der Waals surface area contributed by atoms with Crippen LogP contribution in [0.5, 0.6) is 0 Å². The first-order chi connectivity index (χ1) is 18.0. The summed E-state index contributed by atoms with van der Waals surface area (Å²) in [7, 11) is 1.27. The Balaban J connectivity index is 1.28. The molecule has 2 atom stereocenters. The van der Waals surface area contributed by atoms with Crippen molar-refractivity contribution >= 4 is 47.0 Å². The van der Waals surface area contributed by atoms with Gasteiger partial charge in [0.15, 0.2) is 11.6 Å². The van der Waals surface area contributed by atoms with E-state index in [9.17, 15) is 19.5 Å². The second-order valence-electron chi connectivity index (χ2n) is 7.47. The van der Waals surface area contributed by atoms with E-state index in [2.05, 4.69) is 46.6 Å². The molecule has 3 N–H and O–H groups in total. The molecule has 37 heavy (non-hydrogen) atoms. The molecule has 0 spiro atoms. The van der Waals surface area contributed by atoms with Crippen molar-refractivity contribution in [2.75, 3.05) is 18.6 Å². The molecule has 3 aromatic heterocycles. The number of aromatic amines is 1. The van der Waals surface area contributed by atoms with Crippen molar-refractivity contribution in [1.29, 1.82) is 0 Å². The maximum absolute atomic E-state index is 13.0. The molecule has 0 unspecified atom stereocenters. The standard InChI is InChI=1S/C18H17N11O6S2/c1-34-23-11(9-3-2-4-35-9)14(30)19-12-15(31)29-13(17(32)33)8(6-36-16(12)29)7-37-18-22-26-27-28(18)5-10-20-24-25-21-10/h2-4,12,16H,5-7H2,1H3,(H,19,30)(H,32,33)(H,20,21,24,25)/t12-,16+/m1/s1. The predicted molar refractivity (Wildman–Crippen MR) is 124 cm³/mol. The second-order valence-corrected chi connectivity index (χ2v) is 9.52. The first-order valence-electron chi connectivity index (χ1n) is 10.5. The van der Waals surface area contributed by atoms with Crippen molar-refractivity contribution in [2.45, 2.75) is 23.1 Å². The number of aromatic nitrogens is 8. The average Bonchev–Trinajstić information content (AvgIpc) is 3.68. The summed E-state index contributed by atoms with van der Waals surface area (Å²) in [6.45, 7) is 0.197. The summed E-state index contributed by atoms with van der Waals surface area (Å²) in [4.78, 5) is 43.8. The SMILES string of the molecule is CON=C(C(=O)N[C@@H]1C(=O)N2C(C(=O)O)=C(CSc3nnnn3Cc3nnn[nH]3)CS[C@@H]12)c1ccco1. The number of nitrogens with zero attached hydrogens (tertiary/aromatic N) is 9. The number of H-pyrrole nitrogens is 1. The van der Waals surface area contributed by atoms with E-state index in [0.29, 0.717) is 22.3 Å². The van der Waals surface area contributed by atoms with Crippen LogP contribution in [0.2, 0.25) is 0 Å².